The van der Waals surface area contributed by atoms with Crippen LogP contribution >= 0.6 is 27.5 Å². The summed E-state index contributed by atoms with van der Waals surface area (Å²) in [6.07, 6.45) is 0.230. The smallest absolute Gasteiger partial charge is 0.0874 e. The number of anilines is 1. The molecule has 3 nitrogen and oxygen atoms in total. The van der Waals surface area contributed by atoms with Crippen molar-refractivity contribution >= 4 is 33.2 Å². The van der Waals surface area contributed by atoms with Crippen LogP contribution in [0.4, 0.5) is 5.69 Å². The summed E-state index contributed by atoms with van der Waals surface area (Å²) in [5.74, 6) is 0. The third-order valence-corrected chi connectivity index (χ3v) is 3.60. The molecule has 1 aliphatic rings. The van der Waals surface area contributed by atoms with Crippen molar-refractivity contribution in [1.29, 1.82) is 0 Å². The summed E-state index contributed by atoms with van der Waals surface area (Å²) >= 11 is 9.52. The van der Waals surface area contributed by atoms with Crippen LogP contribution in [0.5, 0.6) is 0 Å². The summed E-state index contributed by atoms with van der Waals surface area (Å²) in [5, 5.41) is 4.05. The van der Waals surface area contributed by atoms with Gasteiger partial charge in [-0.05, 0) is 25.2 Å². The van der Waals surface area contributed by atoms with Crippen molar-refractivity contribution in [3.05, 3.63) is 27.7 Å². The first-order valence-corrected chi connectivity index (χ1v) is 6.81. The molecule has 0 saturated carbocycles. The van der Waals surface area contributed by atoms with Crippen LogP contribution in [0.25, 0.3) is 0 Å². The lowest BCUT2D eigenvalue weighted by Crippen LogP contribution is -2.43. The van der Waals surface area contributed by atoms with Crippen LogP contribution in [0.15, 0.2) is 22.7 Å². The molecule has 1 aliphatic heterocycles. The maximum Gasteiger partial charge on any atom is 0.0874 e. The summed E-state index contributed by atoms with van der Waals surface area (Å²) in [5.41, 5.74) is 0.951. The molecule has 5 heteroatoms. The first kappa shape index (κ1) is 13.1. The molecule has 1 atom stereocenters. The van der Waals surface area contributed by atoms with E-state index in [1.165, 1.54) is 0 Å². The zero-order valence-electron chi connectivity index (χ0n) is 9.75. The van der Waals surface area contributed by atoms with Crippen LogP contribution in [0.1, 0.15) is 0 Å². The van der Waals surface area contributed by atoms with Gasteiger partial charge in [0.05, 0.1) is 23.4 Å². The number of ether oxygens (including phenoxy) is 1. The van der Waals surface area contributed by atoms with Crippen LogP contribution in [-0.2, 0) is 4.74 Å². The van der Waals surface area contributed by atoms with Gasteiger partial charge in [0, 0.05) is 24.1 Å². The van der Waals surface area contributed by atoms with E-state index in [4.69, 9.17) is 16.3 Å². The maximum absolute atomic E-state index is 6.13. The molecule has 0 bridgehead atoms. The molecule has 0 aliphatic carbocycles. The van der Waals surface area contributed by atoms with E-state index in [-0.39, 0.29) is 6.10 Å². The Hall–Kier alpha value is -0.290. The van der Waals surface area contributed by atoms with Gasteiger partial charge in [-0.25, -0.2) is 0 Å². The Labute approximate surface area is 115 Å². The van der Waals surface area contributed by atoms with E-state index >= 15 is 0 Å². The van der Waals surface area contributed by atoms with Gasteiger partial charge in [-0.3, -0.25) is 0 Å². The summed E-state index contributed by atoms with van der Waals surface area (Å²) in [7, 11) is 2.11. The summed E-state index contributed by atoms with van der Waals surface area (Å²) in [4.78, 5) is 2.28. The monoisotopic (exact) mass is 318 g/mol. The second-order valence-electron chi connectivity index (χ2n) is 4.26. The summed E-state index contributed by atoms with van der Waals surface area (Å²) < 4.78 is 6.66. The molecular formula is C12H16BrClN2O. The Morgan fingerprint density at radius 2 is 2.41 bits per heavy atom. The van der Waals surface area contributed by atoms with Crippen molar-refractivity contribution in [2.75, 3.05) is 38.6 Å². The Morgan fingerprint density at radius 3 is 3.12 bits per heavy atom. The lowest BCUT2D eigenvalue weighted by Gasteiger charge is -2.30. The Bertz CT molecular complexity index is 389. The molecule has 94 valence electrons. The molecule has 0 aromatic heterocycles. The van der Waals surface area contributed by atoms with Gasteiger partial charge >= 0.3 is 0 Å². The predicted molar refractivity (Wildman–Crippen MR) is 74.9 cm³/mol. The van der Waals surface area contributed by atoms with Gasteiger partial charge in [-0.2, -0.15) is 0 Å². The molecule has 1 fully saturated rings. The second kappa shape index (κ2) is 6.05. The largest absolute Gasteiger partial charge is 0.381 e. The third kappa shape index (κ3) is 3.85. The molecule has 1 aromatic carbocycles. The van der Waals surface area contributed by atoms with Gasteiger partial charge in [0.1, 0.15) is 0 Å². The Kier molecular flexibility index (Phi) is 4.68. The number of rotatable bonds is 3. The Balaban J connectivity index is 1.88. The van der Waals surface area contributed by atoms with E-state index in [1.807, 2.05) is 18.2 Å². The molecule has 1 aromatic rings. The number of morpholine rings is 1. The summed E-state index contributed by atoms with van der Waals surface area (Å²) in [6.45, 7) is 3.55. The van der Waals surface area contributed by atoms with E-state index in [9.17, 15) is 0 Å². The number of hydrogen-bond acceptors (Lipinski definition) is 3. The van der Waals surface area contributed by atoms with Crippen LogP contribution in [0, 0.1) is 0 Å². The number of halogens is 2. The highest BCUT2D eigenvalue weighted by atomic mass is 79.9. The molecule has 1 N–H and O–H groups in total. The number of nitrogens with one attached hydrogen (secondary N) is 1. The van der Waals surface area contributed by atoms with Crippen molar-refractivity contribution in [3.8, 4) is 0 Å². The molecular weight excluding hydrogens is 304 g/mol. The topological polar surface area (TPSA) is 24.5 Å². The fraction of sp³-hybridized carbons (Fsp3) is 0.500. The lowest BCUT2D eigenvalue weighted by molar-refractivity contribution is -0.0117. The second-order valence-corrected chi connectivity index (χ2v) is 5.58. The Morgan fingerprint density at radius 1 is 1.59 bits per heavy atom. The number of likely N-dealkylation sites (N-methyl/N-ethyl adjacent to an activating group) is 1. The SMILES string of the molecule is CN1CCOC(CNc2ccc(Br)cc2Cl)C1. The molecule has 17 heavy (non-hydrogen) atoms. The lowest BCUT2D eigenvalue weighted by atomic mass is 10.2. The van der Waals surface area contributed by atoms with E-state index in [0.29, 0.717) is 0 Å². The highest BCUT2D eigenvalue weighted by Gasteiger charge is 2.17. The van der Waals surface area contributed by atoms with Gasteiger partial charge < -0.3 is 15.0 Å². The van der Waals surface area contributed by atoms with Crippen molar-refractivity contribution in [2.24, 2.45) is 0 Å². The van der Waals surface area contributed by atoms with Crippen LogP contribution < -0.4 is 5.32 Å². The van der Waals surface area contributed by atoms with E-state index in [2.05, 4.69) is 33.2 Å². The van der Waals surface area contributed by atoms with Gasteiger partial charge in [0.25, 0.3) is 0 Å². The van der Waals surface area contributed by atoms with Crippen LogP contribution in [0.2, 0.25) is 5.02 Å². The van der Waals surface area contributed by atoms with Gasteiger partial charge in [-0.1, -0.05) is 27.5 Å². The molecule has 1 heterocycles. The van der Waals surface area contributed by atoms with Crippen molar-refractivity contribution in [2.45, 2.75) is 6.10 Å². The molecule has 2 rings (SSSR count). The number of benzene rings is 1. The zero-order chi connectivity index (χ0) is 12.3. The summed E-state index contributed by atoms with van der Waals surface area (Å²) in [6, 6.07) is 5.83. The predicted octanol–water partition coefficient (Wildman–Crippen LogP) is 2.85. The quantitative estimate of drug-likeness (QED) is 0.927. The standard InChI is InChI=1S/C12H16BrClN2O/c1-16-4-5-17-10(8-16)7-15-12-3-2-9(13)6-11(12)14/h2-3,6,10,15H,4-5,7-8H2,1H3. The molecule has 1 unspecified atom stereocenters. The fourth-order valence-corrected chi connectivity index (χ4v) is 2.59. The number of hydrogen-bond donors (Lipinski definition) is 1. The maximum atomic E-state index is 6.13. The minimum atomic E-state index is 0.230. The number of nitrogens with zero attached hydrogens (tertiary/aromatic N) is 1. The van der Waals surface area contributed by atoms with Crippen molar-refractivity contribution in [1.82, 2.24) is 4.90 Å². The van der Waals surface area contributed by atoms with Gasteiger partial charge in [0.2, 0.25) is 0 Å². The first-order valence-electron chi connectivity index (χ1n) is 5.64. The van der Waals surface area contributed by atoms with Crippen molar-refractivity contribution in [3.63, 3.8) is 0 Å². The minimum Gasteiger partial charge on any atom is -0.381 e. The molecule has 0 spiro atoms. The third-order valence-electron chi connectivity index (χ3n) is 2.79. The van der Waals surface area contributed by atoms with E-state index in [1.54, 1.807) is 0 Å². The van der Waals surface area contributed by atoms with Crippen molar-refractivity contribution < 1.29 is 4.74 Å². The highest BCUT2D eigenvalue weighted by Crippen LogP contribution is 2.25. The van der Waals surface area contributed by atoms with Gasteiger partial charge in [-0.15, -0.1) is 0 Å². The van der Waals surface area contributed by atoms with Crippen LogP contribution in [-0.4, -0.2) is 44.3 Å². The molecule has 1 saturated heterocycles. The highest BCUT2D eigenvalue weighted by molar-refractivity contribution is 9.10. The van der Waals surface area contributed by atoms with Crippen LogP contribution in [0.3, 0.4) is 0 Å². The first-order chi connectivity index (χ1) is 8.15. The average Bonchev–Trinajstić information content (AvgIpc) is 2.28. The van der Waals surface area contributed by atoms with E-state index in [0.717, 1.165) is 41.4 Å². The zero-order valence-corrected chi connectivity index (χ0v) is 12.1. The average molecular weight is 320 g/mol. The van der Waals surface area contributed by atoms with E-state index < -0.39 is 0 Å². The van der Waals surface area contributed by atoms with Gasteiger partial charge in [0.15, 0.2) is 0 Å². The normalized spacial score (nSPS) is 21.5. The molecule has 0 amide bonds. The minimum absolute atomic E-state index is 0.230. The fourth-order valence-electron chi connectivity index (χ4n) is 1.85. The molecule has 0 radical (unpaired) electrons.